The van der Waals surface area contributed by atoms with Crippen LogP contribution in [0.5, 0.6) is 0 Å². The topological polar surface area (TPSA) is 102 Å². The molecule has 2 N–H and O–H groups in total. The molecule has 0 saturated carbocycles. The largest absolute Gasteiger partial charge is 0.461 e. The fourth-order valence-corrected chi connectivity index (χ4v) is 4.65. The van der Waals surface area contributed by atoms with E-state index in [9.17, 15) is 14.4 Å². The van der Waals surface area contributed by atoms with Gasteiger partial charge < -0.3 is 14.6 Å². The van der Waals surface area contributed by atoms with Gasteiger partial charge in [-0.3, -0.25) is 10.1 Å². The summed E-state index contributed by atoms with van der Waals surface area (Å²) in [5.74, 6) is 0.0410. The van der Waals surface area contributed by atoms with Crippen molar-refractivity contribution in [1.82, 2.24) is 20.2 Å². The Bertz CT molecular complexity index is 1250. The fraction of sp³-hybridized carbons (Fsp3) is 0.379. The van der Waals surface area contributed by atoms with Crippen molar-refractivity contribution in [3.05, 3.63) is 71.2 Å². The first-order valence-corrected chi connectivity index (χ1v) is 14.2. The summed E-state index contributed by atoms with van der Waals surface area (Å²) >= 11 is 1.44. The number of hydrogen-bond donors (Lipinski definition) is 2. The van der Waals surface area contributed by atoms with E-state index >= 15 is 0 Å². The van der Waals surface area contributed by atoms with Crippen molar-refractivity contribution in [2.24, 2.45) is 0 Å². The van der Waals surface area contributed by atoms with E-state index in [1.54, 1.807) is 19.1 Å². The summed E-state index contributed by atoms with van der Waals surface area (Å²) < 4.78 is 7.31. The average molecular weight is 537 g/mol. The van der Waals surface area contributed by atoms with E-state index in [0.717, 1.165) is 48.2 Å². The van der Waals surface area contributed by atoms with Gasteiger partial charge in [-0.2, -0.15) is 0 Å². The van der Waals surface area contributed by atoms with Crippen molar-refractivity contribution in [2.45, 2.75) is 58.0 Å². The van der Waals surface area contributed by atoms with Crippen molar-refractivity contribution in [1.29, 1.82) is 0 Å². The molecule has 0 saturated heterocycles. The maximum Gasteiger partial charge on any atom is 0.357 e. The van der Waals surface area contributed by atoms with Crippen LogP contribution < -0.4 is 10.6 Å². The lowest BCUT2D eigenvalue weighted by atomic mass is 9.98. The van der Waals surface area contributed by atoms with Crippen LogP contribution in [0.4, 0.5) is 4.79 Å². The lowest BCUT2D eigenvalue weighted by Gasteiger charge is -2.13. The molecule has 1 aromatic heterocycles. The molecule has 0 radical (unpaired) electrons. The van der Waals surface area contributed by atoms with Gasteiger partial charge in [-0.1, -0.05) is 62.7 Å². The molecule has 0 atom stereocenters. The third-order valence-electron chi connectivity index (χ3n) is 5.97. The summed E-state index contributed by atoms with van der Waals surface area (Å²) in [5.41, 5.74) is 3.46. The normalized spacial score (nSPS) is 10.7. The minimum absolute atomic E-state index is 0.296. The highest BCUT2D eigenvalue weighted by Gasteiger charge is 2.24. The highest BCUT2D eigenvalue weighted by atomic mass is 32.2. The first kappa shape index (κ1) is 29.0. The number of rotatable bonds is 12. The van der Waals surface area contributed by atoms with Crippen LogP contribution in [0, 0.1) is 0 Å². The summed E-state index contributed by atoms with van der Waals surface area (Å²) in [6.07, 6.45) is 5.47. The van der Waals surface area contributed by atoms with E-state index in [2.05, 4.69) is 17.6 Å². The Morgan fingerprint density at radius 3 is 2.39 bits per heavy atom. The number of hydrogen-bond acceptors (Lipinski definition) is 6. The Morgan fingerprint density at radius 2 is 1.74 bits per heavy atom. The SMILES string of the molecule is CCCCc1nc(SC)c(C(=O)OCC)n1Cc1ccc(-c2ccccc2C(=O)NC(=O)NCCC)cc1. The number of aryl methyl sites for hydroxylation is 1. The number of esters is 1. The Labute approximate surface area is 228 Å². The first-order chi connectivity index (χ1) is 18.4. The second-order valence-corrected chi connectivity index (χ2v) is 9.54. The number of amides is 3. The molecular formula is C29H36N4O4S. The number of imide groups is 1. The maximum atomic E-state index is 12.8. The van der Waals surface area contributed by atoms with E-state index in [1.165, 1.54) is 11.8 Å². The molecule has 9 heteroatoms. The molecular weight excluding hydrogens is 500 g/mol. The van der Waals surface area contributed by atoms with Crippen molar-refractivity contribution in [3.63, 3.8) is 0 Å². The molecule has 0 aliphatic carbocycles. The molecule has 0 bridgehead atoms. The first-order valence-electron chi connectivity index (χ1n) is 13.0. The van der Waals surface area contributed by atoms with Gasteiger partial charge in [0.1, 0.15) is 10.9 Å². The smallest absolute Gasteiger partial charge is 0.357 e. The fourth-order valence-electron chi connectivity index (χ4n) is 4.07. The zero-order valence-electron chi connectivity index (χ0n) is 22.5. The number of unbranched alkanes of at least 4 members (excludes halogenated alkanes) is 1. The van der Waals surface area contributed by atoms with Gasteiger partial charge in [0.2, 0.25) is 0 Å². The number of urea groups is 1. The van der Waals surface area contributed by atoms with Gasteiger partial charge in [0.15, 0.2) is 5.69 Å². The number of imidazole rings is 1. The standard InChI is InChI=1S/C29H36N4O4S/c1-5-8-13-24-31-27(38-4)25(28(35)37-7-3)33(24)19-20-14-16-21(17-15-20)22-11-9-10-12-23(22)26(34)32-29(36)30-18-6-2/h9-12,14-17H,5-8,13,18-19H2,1-4H3,(H2,30,32,34,36). The summed E-state index contributed by atoms with van der Waals surface area (Å²) in [4.78, 5) is 42.4. The average Bonchev–Trinajstić information content (AvgIpc) is 3.28. The summed E-state index contributed by atoms with van der Waals surface area (Å²) in [6, 6.07) is 14.5. The lowest BCUT2D eigenvalue weighted by Crippen LogP contribution is -2.39. The van der Waals surface area contributed by atoms with Crippen molar-refractivity contribution in [3.8, 4) is 11.1 Å². The number of ether oxygens (including phenoxy) is 1. The highest BCUT2D eigenvalue weighted by molar-refractivity contribution is 7.98. The molecule has 0 aliphatic rings. The van der Waals surface area contributed by atoms with Crippen LogP contribution in [0.2, 0.25) is 0 Å². The molecule has 8 nitrogen and oxygen atoms in total. The zero-order chi connectivity index (χ0) is 27.5. The molecule has 3 aromatic rings. The van der Waals surface area contributed by atoms with Gasteiger partial charge >= 0.3 is 12.0 Å². The van der Waals surface area contributed by atoms with Gasteiger partial charge in [0.25, 0.3) is 5.91 Å². The molecule has 0 fully saturated rings. The third kappa shape index (κ3) is 7.25. The Hall–Kier alpha value is -3.59. The van der Waals surface area contributed by atoms with Crippen LogP contribution in [0.25, 0.3) is 11.1 Å². The molecule has 2 aromatic carbocycles. The number of thioether (sulfide) groups is 1. The Balaban J connectivity index is 1.89. The molecule has 0 spiro atoms. The predicted molar refractivity (Wildman–Crippen MR) is 151 cm³/mol. The molecule has 0 aliphatic heterocycles. The second kappa shape index (κ2) is 14.4. The maximum absolute atomic E-state index is 12.8. The molecule has 38 heavy (non-hydrogen) atoms. The zero-order valence-corrected chi connectivity index (χ0v) is 23.3. The van der Waals surface area contributed by atoms with Gasteiger partial charge in [-0.05, 0) is 48.8 Å². The van der Waals surface area contributed by atoms with Gasteiger partial charge in [-0.25, -0.2) is 14.6 Å². The van der Waals surface area contributed by atoms with Gasteiger partial charge in [0, 0.05) is 25.1 Å². The molecule has 3 rings (SSSR count). The van der Waals surface area contributed by atoms with E-state index in [-0.39, 0.29) is 5.97 Å². The van der Waals surface area contributed by atoms with E-state index in [1.807, 2.05) is 54.1 Å². The summed E-state index contributed by atoms with van der Waals surface area (Å²) in [5, 5.41) is 5.73. The van der Waals surface area contributed by atoms with Crippen LogP contribution >= 0.6 is 11.8 Å². The quantitative estimate of drug-likeness (QED) is 0.228. The highest BCUT2D eigenvalue weighted by Crippen LogP contribution is 2.27. The number of nitrogens with one attached hydrogen (secondary N) is 2. The minimum Gasteiger partial charge on any atom is -0.461 e. The van der Waals surface area contributed by atoms with Crippen LogP contribution in [0.3, 0.4) is 0 Å². The number of benzene rings is 2. The Kier molecular flexibility index (Phi) is 11.0. The van der Waals surface area contributed by atoms with Crippen molar-refractivity contribution >= 4 is 29.7 Å². The van der Waals surface area contributed by atoms with Gasteiger partial charge in [-0.15, -0.1) is 11.8 Å². The van der Waals surface area contributed by atoms with Crippen LogP contribution in [-0.4, -0.2) is 46.9 Å². The number of carbonyl (C=O) groups excluding carboxylic acids is 3. The summed E-state index contributed by atoms with van der Waals surface area (Å²) in [6.45, 7) is 7.13. The second-order valence-electron chi connectivity index (χ2n) is 8.75. The molecule has 0 unspecified atom stereocenters. The monoisotopic (exact) mass is 536 g/mol. The number of aromatic nitrogens is 2. The van der Waals surface area contributed by atoms with Crippen LogP contribution in [-0.2, 0) is 17.7 Å². The van der Waals surface area contributed by atoms with Crippen LogP contribution in [0.15, 0.2) is 53.6 Å². The van der Waals surface area contributed by atoms with Gasteiger partial charge in [0.05, 0.1) is 6.61 Å². The lowest BCUT2D eigenvalue weighted by molar-refractivity contribution is 0.0509. The third-order valence-corrected chi connectivity index (χ3v) is 6.64. The molecule has 1 heterocycles. The van der Waals surface area contributed by atoms with E-state index in [4.69, 9.17) is 9.72 Å². The van der Waals surface area contributed by atoms with Crippen molar-refractivity contribution < 1.29 is 19.1 Å². The summed E-state index contributed by atoms with van der Waals surface area (Å²) in [7, 11) is 0. The number of nitrogens with zero attached hydrogens (tertiary/aromatic N) is 2. The molecule has 3 amide bonds. The van der Waals surface area contributed by atoms with E-state index < -0.39 is 11.9 Å². The Morgan fingerprint density at radius 1 is 1.00 bits per heavy atom. The minimum atomic E-state index is -0.511. The molecule has 202 valence electrons. The van der Waals surface area contributed by atoms with Crippen LogP contribution in [0.1, 0.15) is 72.3 Å². The van der Waals surface area contributed by atoms with E-state index in [0.29, 0.717) is 36.0 Å². The number of carbonyl (C=O) groups is 3. The van der Waals surface area contributed by atoms with Crippen molar-refractivity contribution in [2.75, 3.05) is 19.4 Å². The predicted octanol–water partition coefficient (Wildman–Crippen LogP) is 5.69.